The van der Waals surface area contributed by atoms with Gasteiger partial charge in [-0.05, 0) is 67.0 Å². The van der Waals surface area contributed by atoms with Crippen molar-refractivity contribution in [1.29, 1.82) is 5.41 Å². The van der Waals surface area contributed by atoms with Crippen LogP contribution in [0.1, 0.15) is 18.4 Å². The summed E-state index contributed by atoms with van der Waals surface area (Å²) >= 11 is 3.60. The fourth-order valence-corrected chi connectivity index (χ4v) is 3.43. The minimum absolute atomic E-state index is 0.113. The molecule has 0 spiro atoms. The predicted octanol–water partition coefficient (Wildman–Crippen LogP) is 2.51. The predicted molar refractivity (Wildman–Crippen MR) is 88.6 cm³/mol. The molecule has 1 aromatic rings. The first-order valence-corrected chi connectivity index (χ1v) is 7.80. The van der Waals surface area contributed by atoms with E-state index in [1.165, 1.54) is 25.1 Å². The van der Waals surface area contributed by atoms with E-state index in [0.29, 0.717) is 0 Å². The number of nitrogens with one attached hydrogen (secondary N) is 1. The van der Waals surface area contributed by atoms with Crippen LogP contribution in [-0.4, -0.2) is 44.5 Å². The third-order valence-corrected chi connectivity index (χ3v) is 4.47. The molecular weight excluding hydrogens is 316 g/mol. The largest absolute Gasteiger partial charge is 0.384 e. The number of hydrogen-bond donors (Lipinski definition) is 2. The number of amidine groups is 1. The van der Waals surface area contributed by atoms with Crippen LogP contribution in [0, 0.1) is 11.3 Å². The minimum atomic E-state index is 0.113. The van der Waals surface area contributed by atoms with Gasteiger partial charge in [0.05, 0.1) is 5.69 Å². The van der Waals surface area contributed by atoms with Crippen molar-refractivity contribution < 1.29 is 0 Å². The lowest BCUT2D eigenvalue weighted by molar-refractivity contribution is 0.285. The maximum Gasteiger partial charge on any atom is 0.122 e. The number of hydrogen-bond acceptors (Lipinski definition) is 3. The van der Waals surface area contributed by atoms with Crippen LogP contribution in [0.3, 0.4) is 0 Å². The van der Waals surface area contributed by atoms with Crippen LogP contribution in [-0.2, 0) is 0 Å². The van der Waals surface area contributed by atoms with Gasteiger partial charge in [-0.2, -0.15) is 0 Å². The Bertz CT molecular complexity index is 479. The van der Waals surface area contributed by atoms with Gasteiger partial charge in [0.15, 0.2) is 0 Å². The topological polar surface area (TPSA) is 56.4 Å². The van der Waals surface area contributed by atoms with Gasteiger partial charge in [-0.15, -0.1) is 0 Å². The monoisotopic (exact) mass is 338 g/mol. The molecule has 0 unspecified atom stereocenters. The van der Waals surface area contributed by atoms with Crippen molar-refractivity contribution in [1.82, 2.24) is 4.90 Å². The second-order valence-corrected chi connectivity index (χ2v) is 6.63. The fourth-order valence-electron chi connectivity index (χ4n) is 2.80. The molecule has 1 aliphatic rings. The summed E-state index contributed by atoms with van der Waals surface area (Å²) in [4.78, 5) is 4.69. The highest BCUT2D eigenvalue weighted by molar-refractivity contribution is 9.10. The third-order valence-electron chi connectivity index (χ3n) is 3.84. The molecule has 5 heteroatoms. The van der Waals surface area contributed by atoms with Gasteiger partial charge >= 0.3 is 0 Å². The molecule has 1 fully saturated rings. The molecule has 0 radical (unpaired) electrons. The van der Waals surface area contributed by atoms with Crippen LogP contribution >= 0.6 is 15.9 Å². The Morgan fingerprint density at radius 3 is 2.55 bits per heavy atom. The molecule has 0 aromatic heterocycles. The fraction of sp³-hybridized carbons (Fsp3) is 0.533. The Morgan fingerprint density at radius 2 is 2.05 bits per heavy atom. The molecule has 3 N–H and O–H groups in total. The summed E-state index contributed by atoms with van der Waals surface area (Å²) in [6, 6.07) is 5.92. The zero-order chi connectivity index (χ0) is 14.7. The second kappa shape index (κ2) is 6.59. The maximum atomic E-state index is 7.48. The van der Waals surface area contributed by atoms with Crippen molar-refractivity contribution in [3.8, 4) is 0 Å². The highest BCUT2D eigenvalue weighted by Gasteiger charge is 2.21. The summed E-state index contributed by atoms with van der Waals surface area (Å²) in [5.74, 6) is 0.915. The number of piperidine rings is 1. The van der Waals surface area contributed by atoms with Crippen molar-refractivity contribution in [3.05, 3.63) is 28.2 Å². The highest BCUT2D eigenvalue weighted by atomic mass is 79.9. The normalized spacial score (nSPS) is 16.7. The molecular formula is C15H23BrN4. The van der Waals surface area contributed by atoms with E-state index in [2.05, 4.69) is 45.9 Å². The second-order valence-electron chi connectivity index (χ2n) is 5.77. The first-order valence-electron chi connectivity index (χ1n) is 7.01. The van der Waals surface area contributed by atoms with Crippen LogP contribution in [0.2, 0.25) is 0 Å². The molecule has 0 saturated carbocycles. The lowest BCUT2D eigenvalue weighted by atomic mass is 9.96. The van der Waals surface area contributed by atoms with E-state index in [-0.39, 0.29) is 5.84 Å². The maximum absolute atomic E-state index is 7.48. The Kier molecular flexibility index (Phi) is 5.05. The van der Waals surface area contributed by atoms with Crippen LogP contribution < -0.4 is 10.6 Å². The average Bonchev–Trinajstić information content (AvgIpc) is 2.39. The smallest absolute Gasteiger partial charge is 0.122 e. The van der Waals surface area contributed by atoms with E-state index < -0.39 is 0 Å². The molecule has 1 aliphatic heterocycles. The van der Waals surface area contributed by atoms with Gasteiger partial charge in [0.1, 0.15) is 5.84 Å². The Morgan fingerprint density at radius 1 is 1.40 bits per heavy atom. The quantitative estimate of drug-likeness (QED) is 0.655. The molecule has 1 heterocycles. The van der Waals surface area contributed by atoms with Gasteiger partial charge in [0.2, 0.25) is 0 Å². The summed E-state index contributed by atoms with van der Waals surface area (Å²) < 4.78 is 1.02. The molecule has 0 aliphatic carbocycles. The molecule has 110 valence electrons. The SMILES string of the molecule is CN(C)CC1CCN(c2ccc(C(=N)N)cc2Br)CC1. The molecule has 1 saturated heterocycles. The van der Waals surface area contributed by atoms with Gasteiger partial charge in [-0.3, -0.25) is 5.41 Å². The van der Waals surface area contributed by atoms with Crippen LogP contribution in [0.4, 0.5) is 5.69 Å². The van der Waals surface area contributed by atoms with Crippen molar-refractivity contribution >= 4 is 27.5 Å². The Labute approximate surface area is 129 Å². The number of benzene rings is 1. The molecule has 0 atom stereocenters. The lowest BCUT2D eigenvalue weighted by Crippen LogP contribution is -2.37. The van der Waals surface area contributed by atoms with Gasteiger partial charge in [-0.25, -0.2) is 0 Å². The van der Waals surface area contributed by atoms with Crippen LogP contribution in [0.15, 0.2) is 22.7 Å². The molecule has 1 aromatic carbocycles. The van der Waals surface area contributed by atoms with Crippen molar-refractivity contribution in [2.24, 2.45) is 11.7 Å². The Balaban J connectivity index is 2.02. The van der Waals surface area contributed by atoms with Crippen molar-refractivity contribution in [3.63, 3.8) is 0 Å². The van der Waals surface area contributed by atoms with E-state index in [4.69, 9.17) is 11.1 Å². The van der Waals surface area contributed by atoms with Gasteiger partial charge in [0, 0.05) is 29.7 Å². The summed E-state index contributed by atoms with van der Waals surface area (Å²) in [5.41, 5.74) is 7.49. The van der Waals surface area contributed by atoms with Gasteiger partial charge < -0.3 is 15.5 Å². The summed E-state index contributed by atoms with van der Waals surface area (Å²) in [7, 11) is 4.28. The third kappa shape index (κ3) is 3.73. The molecule has 4 nitrogen and oxygen atoms in total. The Hall–Kier alpha value is -1.07. The van der Waals surface area contributed by atoms with Crippen molar-refractivity contribution in [2.45, 2.75) is 12.8 Å². The van der Waals surface area contributed by atoms with E-state index in [9.17, 15) is 0 Å². The summed E-state index contributed by atoms with van der Waals surface area (Å²) in [6.07, 6.45) is 2.47. The summed E-state index contributed by atoms with van der Waals surface area (Å²) in [6.45, 7) is 3.37. The van der Waals surface area contributed by atoms with Gasteiger partial charge in [0.25, 0.3) is 0 Å². The van der Waals surface area contributed by atoms with Crippen LogP contribution in [0.5, 0.6) is 0 Å². The number of anilines is 1. The number of nitrogen functional groups attached to an aromatic ring is 1. The van der Waals surface area contributed by atoms with Crippen LogP contribution in [0.25, 0.3) is 0 Å². The highest BCUT2D eigenvalue weighted by Crippen LogP contribution is 2.30. The first-order chi connectivity index (χ1) is 9.47. The van der Waals surface area contributed by atoms with E-state index in [1.807, 2.05) is 12.1 Å². The number of nitrogens with two attached hydrogens (primary N) is 1. The van der Waals surface area contributed by atoms with Crippen molar-refractivity contribution in [2.75, 3.05) is 38.6 Å². The zero-order valence-corrected chi connectivity index (χ0v) is 13.8. The number of halogens is 1. The first kappa shape index (κ1) is 15.3. The van der Waals surface area contributed by atoms with E-state index in [0.717, 1.165) is 29.0 Å². The molecule has 0 amide bonds. The lowest BCUT2D eigenvalue weighted by Gasteiger charge is -2.35. The average molecular weight is 339 g/mol. The summed E-state index contributed by atoms with van der Waals surface area (Å²) in [5, 5.41) is 7.48. The minimum Gasteiger partial charge on any atom is -0.384 e. The number of rotatable bonds is 4. The van der Waals surface area contributed by atoms with Gasteiger partial charge in [-0.1, -0.05) is 0 Å². The van der Waals surface area contributed by atoms with E-state index in [1.54, 1.807) is 0 Å². The molecule has 0 bridgehead atoms. The van der Waals surface area contributed by atoms with E-state index >= 15 is 0 Å². The molecule has 20 heavy (non-hydrogen) atoms. The molecule has 2 rings (SSSR count). The standard InChI is InChI=1S/C15H23BrN4/c1-19(2)10-11-5-7-20(8-6-11)14-4-3-12(15(17)18)9-13(14)16/h3-4,9,11H,5-8,10H2,1-2H3,(H3,17,18). The number of nitrogens with zero attached hydrogens (tertiary/aromatic N) is 2. The zero-order valence-electron chi connectivity index (χ0n) is 12.2.